The third-order valence-corrected chi connectivity index (χ3v) is 5.01. The molecular formula is C25H27NO3. The molecule has 3 aromatic carbocycles. The van der Waals surface area contributed by atoms with Crippen LogP contribution in [0.25, 0.3) is 0 Å². The van der Waals surface area contributed by atoms with Gasteiger partial charge in [-0.15, -0.1) is 0 Å². The van der Waals surface area contributed by atoms with Crippen LogP contribution in [0.1, 0.15) is 30.9 Å². The third-order valence-electron chi connectivity index (χ3n) is 5.01. The van der Waals surface area contributed by atoms with Crippen molar-refractivity contribution < 1.29 is 14.3 Å². The molecule has 0 aromatic heterocycles. The molecule has 0 aliphatic rings. The fraction of sp³-hybridized carbons (Fsp3) is 0.240. The molecule has 0 saturated carbocycles. The number of hydrogen-bond acceptors (Lipinski definition) is 4. The average Bonchev–Trinajstić information content (AvgIpc) is 2.75. The molecule has 0 bridgehead atoms. The van der Waals surface area contributed by atoms with Crippen molar-refractivity contribution in [3.8, 4) is 5.75 Å². The van der Waals surface area contributed by atoms with Crippen molar-refractivity contribution in [2.45, 2.75) is 32.4 Å². The average molecular weight is 389 g/mol. The molecule has 2 atom stereocenters. The van der Waals surface area contributed by atoms with Crippen molar-refractivity contribution in [1.29, 1.82) is 0 Å². The third kappa shape index (κ3) is 5.85. The molecule has 0 N–H and O–H groups in total. The van der Waals surface area contributed by atoms with Crippen LogP contribution in [-0.4, -0.2) is 19.4 Å². The van der Waals surface area contributed by atoms with Gasteiger partial charge >= 0.3 is 6.16 Å². The summed E-state index contributed by atoms with van der Waals surface area (Å²) in [5, 5.41) is 0. The molecule has 3 aromatic rings. The molecule has 0 heterocycles. The molecule has 4 nitrogen and oxygen atoms in total. The minimum atomic E-state index is -0.717. The summed E-state index contributed by atoms with van der Waals surface area (Å²) < 4.78 is 10.7. The number of benzene rings is 3. The lowest BCUT2D eigenvalue weighted by Gasteiger charge is -2.26. The fourth-order valence-electron chi connectivity index (χ4n) is 3.16. The molecular weight excluding hydrogens is 362 g/mol. The van der Waals surface area contributed by atoms with E-state index in [0.29, 0.717) is 11.7 Å². The van der Waals surface area contributed by atoms with Crippen molar-refractivity contribution in [3.05, 3.63) is 96.1 Å². The van der Waals surface area contributed by atoms with E-state index in [1.807, 2.05) is 79.5 Å². The second-order valence-electron chi connectivity index (χ2n) is 7.18. The molecule has 150 valence electrons. The Balaban J connectivity index is 1.53. The summed E-state index contributed by atoms with van der Waals surface area (Å²) in [6.07, 6.45) is -0.202. The SMILES string of the molecule is CC(Cc1ccccc1)c1ccc(OC(=O)OC(C)N(C)c2ccccc2)cc1. The van der Waals surface area contributed by atoms with Crippen molar-refractivity contribution in [1.82, 2.24) is 0 Å². The Hall–Kier alpha value is -3.27. The zero-order chi connectivity index (χ0) is 20.6. The van der Waals surface area contributed by atoms with E-state index in [1.165, 1.54) is 11.1 Å². The number of rotatable bonds is 7. The summed E-state index contributed by atoms with van der Waals surface area (Å²) in [5.41, 5.74) is 3.47. The zero-order valence-electron chi connectivity index (χ0n) is 17.1. The minimum Gasteiger partial charge on any atom is -0.410 e. The predicted octanol–water partition coefficient (Wildman–Crippen LogP) is 6.03. The molecule has 2 unspecified atom stereocenters. The topological polar surface area (TPSA) is 38.8 Å². The van der Waals surface area contributed by atoms with Crippen LogP contribution in [0.2, 0.25) is 0 Å². The Labute approximate surface area is 172 Å². The van der Waals surface area contributed by atoms with Gasteiger partial charge in [-0.1, -0.05) is 67.6 Å². The molecule has 0 amide bonds. The van der Waals surface area contributed by atoms with E-state index in [4.69, 9.17) is 9.47 Å². The van der Waals surface area contributed by atoms with E-state index in [-0.39, 0.29) is 0 Å². The Morgan fingerprint density at radius 2 is 1.45 bits per heavy atom. The molecule has 3 rings (SSSR count). The summed E-state index contributed by atoms with van der Waals surface area (Å²) in [4.78, 5) is 14.0. The highest BCUT2D eigenvalue weighted by Gasteiger charge is 2.16. The number of carbonyl (C=O) groups is 1. The van der Waals surface area contributed by atoms with Crippen molar-refractivity contribution in [3.63, 3.8) is 0 Å². The highest BCUT2D eigenvalue weighted by Crippen LogP contribution is 2.23. The van der Waals surface area contributed by atoms with Crippen molar-refractivity contribution in [2.75, 3.05) is 11.9 Å². The van der Waals surface area contributed by atoms with Crippen LogP contribution in [0, 0.1) is 0 Å². The highest BCUT2D eigenvalue weighted by atomic mass is 16.7. The Kier molecular flexibility index (Phi) is 6.90. The summed E-state index contributed by atoms with van der Waals surface area (Å²) in [7, 11) is 1.87. The van der Waals surface area contributed by atoms with Crippen molar-refractivity contribution in [2.24, 2.45) is 0 Å². The van der Waals surface area contributed by atoms with Crippen LogP contribution in [-0.2, 0) is 11.2 Å². The standard InChI is InChI=1S/C25H27NO3/c1-19(18-21-10-6-4-7-11-21)22-14-16-24(17-15-22)29-25(27)28-20(2)26(3)23-12-8-5-9-13-23/h4-17,19-20H,18H2,1-3H3. The lowest BCUT2D eigenvalue weighted by molar-refractivity contribution is 0.0661. The van der Waals surface area contributed by atoms with Crippen LogP contribution in [0.4, 0.5) is 10.5 Å². The smallest absolute Gasteiger partial charge is 0.410 e. The first-order chi connectivity index (χ1) is 14.0. The van der Waals surface area contributed by atoms with Crippen LogP contribution in [0.3, 0.4) is 0 Å². The van der Waals surface area contributed by atoms with Gasteiger partial charge in [0, 0.05) is 12.7 Å². The molecule has 0 aliphatic carbocycles. The van der Waals surface area contributed by atoms with Crippen LogP contribution >= 0.6 is 0 Å². The van der Waals surface area contributed by atoms with E-state index in [0.717, 1.165) is 12.1 Å². The number of hydrogen-bond donors (Lipinski definition) is 0. The Morgan fingerprint density at radius 3 is 2.07 bits per heavy atom. The summed E-state index contributed by atoms with van der Waals surface area (Å²) in [6, 6.07) is 27.8. The lowest BCUT2D eigenvalue weighted by Crippen LogP contribution is -2.34. The van der Waals surface area contributed by atoms with E-state index < -0.39 is 12.4 Å². The Bertz CT molecular complexity index is 894. The molecule has 0 saturated heterocycles. The van der Waals surface area contributed by atoms with Gasteiger partial charge in [0.2, 0.25) is 0 Å². The highest BCUT2D eigenvalue weighted by molar-refractivity contribution is 5.64. The van der Waals surface area contributed by atoms with Gasteiger partial charge in [0.25, 0.3) is 0 Å². The van der Waals surface area contributed by atoms with Gasteiger partial charge in [-0.05, 0) is 54.7 Å². The van der Waals surface area contributed by atoms with Gasteiger partial charge in [-0.25, -0.2) is 4.79 Å². The van der Waals surface area contributed by atoms with Crippen LogP contribution in [0.5, 0.6) is 5.75 Å². The van der Waals surface area contributed by atoms with E-state index in [2.05, 4.69) is 31.2 Å². The number of ether oxygens (including phenoxy) is 2. The second-order valence-corrected chi connectivity index (χ2v) is 7.18. The van der Waals surface area contributed by atoms with Gasteiger partial charge in [0.05, 0.1) is 0 Å². The number of nitrogens with zero attached hydrogens (tertiary/aromatic N) is 1. The maximum Gasteiger partial charge on any atom is 0.515 e. The molecule has 0 fully saturated rings. The zero-order valence-corrected chi connectivity index (χ0v) is 17.1. The molecule has 0 radical (unpaired) electrons. The second kappa shape index (κ2) is 9.78. The summed E-state index contributed by atoms with van der Waals surface area (Å²) in [6.45, 7) is 4.00. The number of carbonyl (C=O) groups excluding carboxylic acids is 1. The minimum absolute atomic E-state index is 0.373. The number of anilines is 1. The van der Waals surface area contributed by atoms with E-state index >= 15 is 0 Å². The molecule has 4 heteroatoms. The molecule has 29 heavy (non-hydrogen) atoms. The first kappa shape index (κ1) is 20.5. The first-order valence-electron chi connectivity index (χ1n) is 9.83. The van der Waals surface area contributed by atoms with Gasteiger partial charge in [0.1, 0.15) is 5.75 Å². The quantitative estimate of drug-likeness (QED) is 0.281. The predicted molar refractivity (Wildman–Crippen MR) is 116 cm³/mol. The van der Waals surface area contributed by atoms with Crippen molar-refractivity contribution >= 4 is 11.8 Å². The largest absolute Gasteiger partial charge is 0.515 e. The monoisotopic (exact) mass is 389 g/mol. The maximum absolute atomic E-state index is 12.1. The summed E-state index contributed by atoms with van der Waals surface area (Å²) in [5.74, 6) is 0.846. The Morgan fingerprint density at radius 1 is 0.862 bits per heavy atom. The summed E-state index contributed by atoms with van der Waals surface area (Å²) >= 11 is 0. The molecule has 0 spiro atoms. The molecule has 0 aliphatic heterocycles. The first-order valence-corrected chi connectivity index (χ1v) is 9.83. The van der Waals surface area contributed by atoms with Crippen LogP contribution < -0.4 is 9.64 Å². The van der Waals surface area contributed by atoms with Gasteiger partial charge in [0.15, 0.2) is 6.23 Å². The number of para-hydroxylation sites is 1. The fourth-order valence-corrected chi connectivity index (χ4v) is 3.16. The van der Waals surface area contributed by atoms with Gasteiger partial charge < -0.3 is 14.4 Å². The normalized spacial score (nSPS) is 12.7. The van der Waals surface area contributed by atoms with E-state index in [9.17, 15) is 4.79 Å². The lowest BCUT2D eigenvalue weighted by atomic mass is 9.94. The van der Waals surface area contributed by atoms with Crippen LogP contribution in [0.15, 0.2) is 84.9 Å². The van der Waals surface area contributed by atoms with Gasteiger partial charge in [-0.2, -0.15) is 0 Å². The maximum atomic E-state index is 12.1. The van der Waals surface area contributed by atoms with E-state index in [1.54, 1.807) is 0 Å². The van der Waals surface area contributed by atoms with Gasteiger partial charge in [-0.3, -0.25) is 0 Å².